The van der Waals surface area contributed by atoms with Crippen LogP contribution in [-0.4, -0.2) is 31.4 Å². The Balaban J connectivity index is 1.60. The fraction of sp³-hybridized carbons (Fsp3) is 0.222. The Kier molecular flexibility index (Phi) is 8.41. The van der Waals surface area contributed by atoms with Crippen LogP contribution in [0, 0.1) is 0 Å². The molecule has 0 aromatic heterocycles. The molecule has 5 nitrogen and oxygen atoms in total. The summed E-state index contributed by atoms with van der Waals surface area (Å²) in [5.41, 5.74) is 1.30. The Hall–Kier alpha value is -3.94. The molecule has 0 radical (unpaired) electrons. The van der Waals surface area contributed by atoms with E-state index < -0.39 is 23.5 Å². The van der Waals surface area contributed by atoms with Gasteiger partial charge < -0.3 is 19.3 Å². The Bertz CT molecular complexity index is 1170. The van der Waals surface area contributed by atoms with Crippen LogP contribution in [0.5, 0.6) is 11.5 Å². The van der Waals surface area contributed by atoms with E-state index in [9.17, 15) is 18.0 Å². The van der Waals surface area contributed by atoms with Gasteiger partial charge >= 0.3 is 12.1 Å². The number of alkyl halides is 3. The molecule has 0 saturated carbocycles. The monoisotopic (exact) mass is 486 g/mol. The molecule has 1 N–H and O–H groups in total. The molecule has 0 spiro atoms. The molecule has 184 valence electrons. The van der Waals surface area contributed by atoms with E-state index in [1.807, 2.05) is 54.6 Å². The van der Waals surface area contributed by atoms with Crippen LogP contribution < -0.4 is 9.47 Å². The first kappa shape index (κ1) is 25.7. The molecule has 0 saturated heterocycles. The van der Waals surface area contributed by atoms with Crippen LogP contribution in [0.2, 0.25) is 0 Å². The Morgan fingerprint density at radius 3 is 2.11 bits per heavy atom. The normalized spacial score (nSPS) is 12.0. The number of methoxy groups -OCH3 is 1. The molecule has 0 amide bonds. The lowest BCUT2D eigenvalue weighted by atomic mass is 10.0. The van der Waals surface area contributed by atoms with Gasteiger partial charge in [-0.3, -0.25) is 0 Å². The molecule has 0 aliphatic carbocycles. The van der Waals surface area contributed by atoms with Crippen LogP contribution in [-0.2, 0) is 15.7 Å². The zero-order valence-electron chi connectivity index (χ0n) is 19.3. The van der Waals surface area contributed by atoms with Gasteiger partial charge in [-0.05, 0) is 47.9 Å². The van der Waals surface area contributed by atoms with Crippen LogP contribution in [0.25, 0.3) is 16.7 Å². The van der Waals surface area contributed by atoms with E-state index in [0.29, 0.717) is 12.2 Å². The van der Waals surface area contributed by atoms with Gasteiger partial charge in [0.15, 0.2) is 0 Å². The summed E-state index contributed by atoms with van der Waals surface area (Å²) in [6.07, 6.45) is -4.32. The van der Waals surface area contributed by atoms with Crippen LogP contribution in [0.15, 0.2) is 78.6 Å². The molecule has 3 aromatic rings. The fourth-order valence-corrected chi connectivity index (χ4v) is 3.45. The Labute approximate surface area is 201 Å². The lowest BCUT2D eigenvalue weighted by Crippen LogP contribution is -2.12. The van der Waals surface area contributed by atoms with Crippen molar-refractivity contribution in [3.8, 4) is 22.6 Å². The first-order chi connectivity index (χ1) is 16.7. The SMILES string of the molecule is COC(C(=O)O)=C(C)c1ccc(OCCCOc2ccc(-c3ccccc3)cc2)c(C(F)(F)F)c1. The number of benzene rings is 3. The van der Waals surface area contributed by atoms with E-state index in [-0.39, 0.29) is 30.1 Å². The van der Waals surface area contributed by atoms with E-state index in [0.717, 1.165) is 24.3 Å². The number of carboxylic acid groups (broad SMARTS) is 1. The largest absolute Gasteiger partial charge is 0.493 e. The predicted molar refractivity (Wildman–Crippen MR) is 126 cm³/mol. The highest BCUT2D eigenvalue weighted by molar-refractivity contribution is 5.93. The molecule has 0 aliphatic heterocycles. The summed E-state index contributed by atoms with van der Waals surface area (Å²) < 4.78 is 56.7. The summed E-state index contributed by atoms with van der Waals surface area (Å²) in [4.78, 5) is 11.2. The zero-order chi connectivity index (χ0) is 25.4. The highest BCUT2D eigenvalue weighted by Gasteiger charge is 2.35. The molecule has 0 atom stereocenters. The molecule has 0 aliphatic rings. The second kappa shape index (κ2) is 11.5. The molecule has 3 aromatic carbocycles. The van der Waals surface area contributed by atoms with Crippen molar-refractivity contribution in [2.75, 3.05) is 20.3 Å². The van der Waals surface area contributed by atoms with Gasteiger partial charge in [0.25, 0.3) is 0 Å². The smallest absolute Gasteiger partial charge is 0.419 e. The minimum absolute atomic E-state index is 0.0117. The van der Waals surface area contributed by atoms with Crippen molar-refractivity contribution >= 4 is 11.5 Å². The standard InChI is InChI=1S/C27H25F3O5/c1-18(25(33-2)26(31)32)21-11-14-24(23(17-21)27(28,29)30)35-16-6-15-34-22-12-9-20(10-13-22)19-7-4-3-5-8-19/h3-5,7-14,17H,6,15-16H2,1-2H3,(H,31,32). The van der Waals surface area contributed by atoms with Gasteiger partial charge in [0.2, 0.25) is 5.76 Å². The third kappa shape index (κ3) is 6.79. The molecular weight excluding hydrogens is 461 g/mol. The highest BCUT2D eigenvalue weighted by Crippen LogP contribution is 2.38. The van der Waals surface area contributed by atoms with Crippen molar-refractivity contribution in [3.63, 3.8) is 0 Å². The average Bonchev–Trinajstić information content (AvgIpc) is 2.84. The highest BCUT2D eigenvalue weighted by atomic mass is 19.4. The van der Waals surface area contributed by atoms with Gasteiger partial charge in [0.05, 0.1) is 25.9 Å². The molecular formula is C27H25F3O5. The number of hydrogen-bond donors (Lipinski definition) is 1. The summed E-state index contributed by atoms with van der Waals surface area (Å²) in [6.45, 7) is 1.66. The maximum absolute atomic E-state index is 13.6. The van der Waals surface area contributed by atoms with Gasteiger partial charge in [-0.15, -0.1) is 0 Å². The second-order valence-electron chi connectivity index (χ2n) is 7.61. The van der Waals surface area contributed by atoms with Gasteiger partial charge in [-0.25, -0.2) is 4.79 Å². The minimum Gasteiger partial charge on any atom is -0.493 e. The summed E-state index contributed by atoms with van der Waals surface area (Å²) in [5.74, 6) is -1.48. The minimum atomic E-state index is -4.68. The van der Waals surface area contributed by atoms with E-state index in [2.05, 4.69) is 0 Å². The number of aliphatic carboxylic acids is 1. The van der Waals surface area contributed by atoms with Crippen LogP contribution in [0.1, 0.15) is 24.5 Å². The molecule has 8 heteroatoms. The maximum Gasteiger partial charge on any atom is 0.419 e. The number of carboxylic acids is 1. The molecule has 35 heavy (non-hydrogen) atoms. The van der Waals surface area contributed by atoms with Crippen molar-refractivity contribution in [2.24, 2.45) is 0 Å². The fourth-order valence-electron chi connectivity index (χ4n) is 3.45. The maximum atomic E-state index is 13.6. The van der Waals surface area contributed by atoms with Crippen molar-refractivity contribution in [2.45, 2.75) is 19.5 Å². The second-order valence-corrected chi connectivity index (χ2v) is 7.61. The number of ether oxygens (including phenoxy) is 3. The number of halogens is 3. The number of allylic oxidation sites excluding steroid dienone is 1. The third-order valence-electron chi connectivity index (χ3n) is 5.23. The summed E-state index contributed by atoms with van der Waals surface area (Å²) in [6, 6.07) is 20.8. The summed E-state index contributed by atoms with van der Waals surface area (Å²) in [7, 11) is 1.15. The van der Waals surface area contributed by atoms with Crippen molar-refractivity contribution in [1.29, 1.82) is 0 Å². The van der Waals surface area contributed by atoms with E-state index in [1.54, 1.807) is 0 Å². The number of carbonyl (C=O) groups is 1. The van der Waals surface area contributed by atoms with E-state index in [1.165, 1.54) is 19.1 Å². The van der Waals surface area contributed by atoms with Crippen molar-refractivity contribution in [1.82, 2.24) is 0 Å². The average molecular weight is 486 g/mol. The molecule has 3 rings (SSSR count). The topological polar surface area (TPSA) is 65.0 Å². The Morgan fingerprint density at radius 2 is 1.51 bits per heavy atom. The lowest BCUT2D eigenvalue weighted by Gasteiger charge is -2.16. The van der Waals surface area contributed by atoms with Gasteiger partial charge in [-0.1, -0.05) is 48.5 Å². The van der Waals surface area contributed by atoms with Crippen LogP contribution in [0.4, 0.5) is 13.2 Å². The molecule has 0 heterocycles. The number of hydrogen-bond acceptors (Lipinski definition) is 4. The van der Waals surface area contributed by atoms with E-state index in [4.69, 9.17) is 19.3 Å². The van der Waals surface area contributed by atoms with E-state index >= 15 is 0 Å². The number of rotatable bonds is 10. The first-order valence-electron chi connectivity index (χ1n) is 10.8. The predicted octanol–water partition coefficient (Wildman–Crippen LogP) is 6.68. The molecule has 0 fully saturated rings. The van der Waals surface area contributed by atoms with Crippen molar-refractivity contribution < 1.29 is 37.3 Å². The molecule has 0 unspecified atom stereocenters. The van der Waals surface area contributed by atoms with Gasteiger partial charge in [0.1, 0.15) is 11.5 Å². The zero-order valence-corrected chi connectivity index (χ0v) is 19.3. The third-order valence-corrected chi connectivity index (χ3v) is 5.23. The first-order valence-corrected chi connectivity index (χ1v) is 10.8. The Morgan fingerprint density at radius 1 is 0.886 bits per heavy atom. The summed E-state index contributed by atoms with van der Waals surface area (Å²) in [5, 5.41) is 9.16. The quantitative estimate of drug-likeness (QED) is 0.197. The van der Waals surface area contributed by atoms with Crippen LogP contribution >= 0.6 is 0 Å². The van der Waals surface area contributed by atoms with Gasteiger partial charge in [0, 0.05) is 12.0 Å². The lowest BCUT2D eigenvalue weighted by molar-refractivity contribution is -0.139. The molecule has 0 bridgehead atoms. The van der Waals surface area contributed by atoms with Gasteiger partial charge in [-0.2, -0.15) is 13.2 Å². The summed E-state index contributed by atoms with van der Waals surface area (Å²) >= 11 is 0. The van der Waals surface area contributed by atoms with Crippen LogP contribution in [0.3, 0.4) is 0 Å². The van der Waals surface area contributed by atoms with Crippen molar-refractivity contribution in [3.05, 3.63) is 89.7 Å².